The Morgan fingerprint density at radius 2 is 1.83 bits per heavy atom. The third-order valence-electron chi connectivity index (χ3n) is 5.71. The lowest BCUT2D eigenvalue weighted by molar-refractivity contribution is -0.260. The maximum absolute atomic E-state index is 16.1. The molecule has 0 aliphatic carbocycles. The Hall–Kier alpha value is -3.00. The van der Waals surface area contributed by atoms with Crippen LogP contribution in [0.15, 0.2) is 64.3 Å². The Balaban J connectivity index is 1.93. The van der Waals surface area contributed by atoms with Crippen LogP contribution in [-0.4, -0.2) is 58.0 Å². The molecule has 5 atom stereocenters. The summed E-state index contributed by atoms with van der Waals surface area (Å²) in [5, 5.41) is 14.5. The molecule has 0 aliphatic rings. The number of carbonyl (C=O) groups excluding carboxylic acids is 1. The van der Waals surface area contributed by atoms with E-state index in [2.05, 4.69) is 5.09 Å². The number of aromatic nitrogens is 2. The minimum atomic E-state index is -3.83. The molecule has 2 aromatic carbocycles. The molecular weight excluding hydrogens is 583 g/mol. The normalized spacial score (nSPS) is 16.9. The molecule has 15 heteroatoms. The van der Waals surface area contributed by atoms with Crippen molar-refractivity contribution in [1.29, 1.82) is 0 Å². The number of nitrogens with zero attached hydrogens (tertiary/aromatic N) is 1. The summed E-state index contributed by atoms with van der Waals surface area (Å²) in [6.07, 6.45) is -3.31. The number of H-pyrrole nitrogens is 1. The molecule has 0 saturated heterocycles. The summed E-state index contributed by atoms with van der Waals surface area (Å²) >= 11 is 5.66. The van der Waals surface area contributed by atoms with Crippen LogP contribution in [-0.2, 0) is 30.6 Å². The molecule has 0 radical (unpaired) electrons. The number of rotatable bonds is 14. The molecule has 1 heterocycles. The van der Waals surface area contributed by atoms with Crippen LogP contribution in [0.3, 0.4) is 0 Å². The number of aromatic amines is 1. The molecule has 3 aromatic rings. The van der Waals surface area contributed by atoms with Crippen molar-refractivity contribution in [2.75, 3.05) is 13.3 Å². The molecule has 0 amide bonds. The van der Waals surface area contributed by atoms with E-state index in [4.69, 9.17) is 30.3 Å². The number of halogens is 2. The number of carbonyl (C=O) groups is 1. The number of benzene rings is 2. The number of esters is 1. The maximum Gasteiger partial charge on any atom is 0.330 e. The molecule has 0 bridgehead atoms. The van der Waals surface area contributed by atoms with Crippen molar-refractivity contribution in [2.45, 2.75) is 58.0 Å². The summed E-state index contributed by atoms with van der Waals surface area (Å²) < 4.78 is 52.8. The van der Waals surface area contributed by atoms with Crippen LogP contribution in [0.25, 0.3) is 10.8 Å². The summed E-state index contributed by atoms with van der Waals surface area (Å²) in [6.45, 7) is -0.523. The number of fused-ring (bicyclic) bond motifs is 1. The number of aliphatic hydroxyl groups is 1. The van der Waals surface area contributed by atoms with Gasteiger partial charge in [-0.1, -0.05) is 36.4 Å². The number of alkyl halides is 2. The van der Waals surface area contributed by atoms with Crippen LogP contribution in [0.4, 0.5) is 8.78 Å². The van der Waals surface area contributed by atoms with Gasteiger partial charge in [-0.3, -0.25) is 19.1 Å². The first-order valence-electron chi connectivity index (χ1n) is 12.6. The van der Waals surface area contributed by atoms with E-state index >= 15 is 4.39 Å². The number of aliphatic hydroxyl groups excluding tert-OH is 1. The van der Waals surface area contributed by atoms with E-state index < -0.39 is 67.5 Å². The predicted molar refractivity (Wildman–Crippen MR) is 152 cm³/mol. The molecule has 1 unspecified atom stereocenters. The highest BCUT2D eigenvalue weighted by atomic mass is 32.5. The molecule has 0 saturated carbocycles. The summed E-state index contributed by atoms with van der Waals surface area (Å²) in [7, 11) is 0. The molecule has 0 aliphatic heterocycles. The van der Waals surface area contributed by atoms with E-state index in [1.54, 1.807) is 38.1 Å². The zero-order valence-corrected chi connectivity index (χ0v) is 24.5. The minimum absolute atomic E-state index is 0.271. The fourth-order valence-electron chi connectivity index (χ4n) is 3.59. The summed E-state index contributed by atoms with van der Waals surface area (Å²) in [5.41, 5.74) is -1.81. The Bertz CT molecular complexity index is 1510. The third-order valence-corrected chi connectivity index (χ3v) is 8.17. The van der Waals surface area contributed by atoms with Crippen molar-refractivity contribution < 1.29 is 37.2 Å². The van der Waals surface area contributed by atoms with E-state index in [0.717, 1.165) is 24.6 Å². The molecule has 0 spiro atoms. The zero-order valence-electron chi connectivity index (χ0n) is 22.8. The van der Waals surface area contributed by atoms with E-state index in [-0.39, 0.29) is 5.75 Å². The lowest BCUT2D eigenvalue weighted by Crippen LogP contribution is -2.47. The van der Waals surface area contributed by atoms with Crippen molar-refractivity contribution in [1.82, 2.24) is 14.6 Å². The van der Waals surface area contributed by atoms with Crippen LogP contribution < -0.4 is 20.9 Å². The average molecular weight is 616 g/mol. The van der Waals surface area contributed by atoms with Crippen molar-refractivity contribution in [3.63, 3.8) is 0 Å². The van der Waals surface area contributed by atoms with Crippen molar-refractivity contribution in [3.8, 4) is 5.75 Å². The zero-order chi connectivity index (χ0) is 30.4. The Labute approximate surface area is 239 Å². The largest absolute Gasteiger partial charge is 0.462 e. The average Bonchev–Trinajstić information content (AvgIpc) is 2.90. The molecule has 224 valence electrons. The Morgan fingerprint density at radius 1 is 1.15 bits per heavy atom. The van der Waals surface area contributed by atoms with Gasteiger partial charge in [0, 0.05) is 17.6 Å². The third kappa shape index (κ3) is 8.51. The van der Waals surface area contributed by atoms with Crippen molar-refractivity contribution in [3.05, 3.63) is 75.6 Å². The van der Waals surface area contributed by atoms with E-state index in [9.17, 15) is 23.9 Å². The first-order chi connectivity index (χ1) is 19.3. The second-order valence-electron chi connectivity index (χ2n) is 9.38. The van der Waals surface area contributed by atoms with Gasteiger partial charge in [0.1, 0.15) is 31.2 Å². The lowest BCUT2D eigenvalue weighted by Gasteiger charge is -2.34. The molecule has 1 aromatic heterocycles. The highest BCUT2D eigenvalue weighted by Gasteiger charge is 2.43. The van der Waals surface area contributed by atoms with Gasteiger partial charge in [-0.2, -0.15) is 0 Å². The highest BCUT2D eigenvalue weighted by molar-refractivity contribution is 8.09. The molecule has 41 heavy (non-hydrogen) atoms. The van der Waals surface area contributed by atoms with Crippen molar-refractivity contribution >= 4 is 35.2 Å². The second-order valence-corrected chi connectivity index (χ2v) is 12.5. The van der Waals surface area contributed by atoms with Gasteiger partial charge in [-0.05, 0) is 51.0 Å². The van der Waals surface area contributed by atoms with Crippen molar-refractivity contribution in [2.24, 2.45) is 0 Å². The topological polar surface area (TPSA) is 141 Å². The molecule has 0 fully saturated rings. The van der Waals surface area contributed by atoms with Gasteiger partial charge in [-0.25, -0.2) is 18.7 Å². The quantitative estimate of drug-likeness (QED) is 0.182. The van der Waals surface area contributed by atoms with E-state index in [1.165, 1.54) is 6.92 Å². The fraction of sp³-hybridized carbons (Fsp3) is 0.423. The molecule has 3 N–H and O–H groups in total. The van der Waals surface area contributed by atoms with Gasteiger partial charge < -0.3 is 23.6 Å². The van der Waals surface area contributed by atoms with Crippen LogP contribution in [0.2, 0.25) is 0 Å². The van der Waals surface area contributed by atoms with Crippen LogP contribution in [0.1, 0.15) is 33.9 Å². The standard InChI is InChI=1S/C26H32F2N3O8PS/c1-16(2)37-24(34)17(3)30-40(41,39-21-11-7-9-19-8-5-6-10-20(19)21)36-15-26(28,18(4)32)38-23(14-27)31-13-12-22(33)29-25(31)35/h5-13,16-18,23,32H,14-15H2,1-4H3,(H,30,41)(H,29,33,35)/t17-,18-,23+,26+,40?/m0/s1. The first-order valence-corrected chi connectivity index (χ1v) is 15.2. The molecular formula is C26H32F2N3O8PS. The molecule has 3 rings (SSSR count). The van der Waals surface area contributed by atoms with E-state index in [0.29, 0.717) is 9.95 Å². The van der Waals surface area contributed by atoms with Gasteiger partial charge in [-0.15, -0.1) is 0 Å². The number of ether oxygens (including phenoxy) is 2. The highest BCUT2D eigenvalue weighted by Crippen LogP contribution is 2.48. The fourth-order valence-corrected chi connectivity index (χ4v) is 5.99. The predicted octanol–water partition coefficient (Wildman–Crippen LogP) is 3.47. The first kappa shape index (κ1) is 32.5. The van der Waals surface area contributed by atoms with Crippen LogP contribution >= 0.6 is 6.64 Å². The Kier molecular flexibility index (Phi) is 10.9. The van der Waals surface area contributed by atoms with Gasteiger partial charge in [0.2, 0.25) is 0 Å². The summed E-state index contributed by atoms with van der Waals surface area (Å²) in [4.78, 5) is 38.0. The van der Waals surface area contributed by atoms with Crippen LogP contribution in [0, 0.1) is 0 Å². The number of nitrogens with one attached hydrogen (secondary N) is 2. The van der Waals surface area contributed by atoms with Gasteiger partial charge in [0.25, 0.3) is 11.4 Å². The van der Waals surface area contributed by atoms with Gasteiger partial charge >= 0.3 is 18.3 Å². The van der Waals surface area contributed by atoms with Crippen LogP contribution in [0.5, 0.6) is 5.75 Å². The van der Waals surface area contributed by atoms with Gasteiger partial charge in [0.05, 0.1) is 6.10 Å². The Morgan fingerprint density at radius 3 is 2.46 bits per heavy atom. The smallest absolute Gasteiger partial charge is 0.330 e. The van der Waals surface area contributed by atoms with Gasteiger partial charge in [0.15, 0.2) is 6.23 Å². The number of hydrogen-bond acceptors (Lipinski definition) is 9. The monoisotopic (exact) mass is 615 g/mol. The maximum atomic E-state index is 16.1. The minimum Gasteiger partial charge on any atom is -0.462 e. The second kappa shape index (κ2) is 13.8. The number of hydrogen-bond donors (Lipinski definition) is 3. The van der Waals surface area contributed by atoms with E-state index in [1.807, 2.05) is 23.2 Å². The SMILES string of the molecule is CC(C)OC(=O)[C@H](C)NP(=S)(OC[C@@](F)(O[C@H](CF)n1ccc(=O)[nH]c1=O)[C@H](C)O)Oc1cccc2ccccc12. The molecule has 11 nitrogen and oxygen atoms in total. The lowest BCUT2D eigenvalue weighted by atomic mass is 10.1. The summed E-state index contributed by atoms with van der Waals surface area (Å²) in [5.74, 6) is -3.53. The summed E-state index contributed by atoms with van der Waals surface area (Å²) in [6, 6.07) is 12.2.